The molecule has 1 aromatic heterocycles. The third kappa shape index (κ3) is 1.26. The lowest BCUT2D eigenvalue weighted by Crippen LogP contribution is -1.77. The number of aromatic nitrogens is 2. The van der Waals surface area contributed by atoms with Crippen molar-refractivity contribution in [1.29, 1.82) is 0 Å². The van der Waals surface area contributed by atoms with Gasteiger partial charge in [0.05, 0.1) is 11.9 Å². The average Bonchev–Trinajstić information content (AvgIpc) is 2.34. The number of allylic oxidation sites excluding steroid dienone is 2. The molecule has 54 valence electrons. The molecule has 0 aromatic carbocycles. The van der Waals surface area contributed by atoms with Gasteiger partial charge in [0, 0.05) is 0 Å². The van der Waals surface area contributed by atoms with Gasteiger partial charge in [0.2, 0.25) is 0 Å². The van der Waals surface area contributed by atoms with Gasteiger partial charge in [-0.25, -0.2) is 4.98 Å². The van der Waals surface area contributed by atoms with Crippen molar-refractivity contribution in [3.63, 3.8) is 0 Å². The van der Waals surface area contributed by atoms with Crippen LogP contribution in [0.15, 0.2) is 12.3 Å². The molecular formula is C8H12N2. The van der Waals surface area contributed by atoms with E-state index in [-0.39, 0.29) is 0 Å². The minimum Gasteiger partial charge on any atom is -0.343 e. The van der Waals surface area contributed by atoms with Crippen LogP contribution in [0.3, 0.4) is 0 Å². The first-order valence-corrected chi connectivity index (χ1v) is 3.39. The Balaban J connectivity index is 2.95. The second-order valence-electron chi connectivity index (χ2n) is 2.35. The molecule has 2 nitrogen and oxygen atoms in total. The van der Waals surface area contributed by atoms with Gasteiger partial charge in [0.15, 0.2) is 0 Å². The van der Waals surface area contributed by atoms with Gasteiger partial charge in [-0.3, -0.25) is 0 Å². The summed E-state index contributed by atoms with van der Waals surface area (Å²) in [4.78, 5) is 7.24. The van der Waals surface area contributed by atoms with Crippen molar-refractivity contribution in [3.8, 4) is 0 Å². The van der Waals surface area contributed by atoms with Gasteiger partial charge in [-0.05, 0) is 26.3 Å². The van der Waals surface area contributed by atoms with E-state index in [1.54, 1.807) is 0 Å². The normalized spacial score (nSPS) is 12.1. The summed E-state index contributed by atoms with van der Waals surface area (Å²) in [6.45, 7) is 6.03. The summed E-state index contributed by atoms with van der Waals surface area (Å²) >= 11 is 0. The summed E-state index contributed by atoms with van der Waals surface area (Å²) in [6, 6.07) is 0. The zero-order valence-electron chi connectivity index (χ0n) is 6.60. The van der Waals surface area contributed by atoms with Gasteiger partial charge in [-0.1, -0.05) is 6.08 Å². The van der Waals surface area contributed by atoms with E-state index in [4.69, 9.17) is 0 Å². The number of nitrogens with zero attached hydrogens (tertiary/aromatic N) is 1. The lowest BCUT2D eigenvalue weighted by atomic mass is 10.2. The number of hydrogen-bond donors (Lipinski definition) is 1. The maximum absolute atomic E-state index is 4.09. The van der Waals surface area contributed by atoms with Crippen molar-refractivity contribution in [1.82, 2.24) is 9.97 Å². The minimum absolute atomic E-state index is 0.969. The minimum atomic E-state index is 0.969. The number of H-pyrrole nitrogens is 1. The standard InChI is InChI=1S/C8H12N2/c1-4-6(2)8-5-9-7(3)10-8/h4-5H,1-3H3,(H,9,10)/b6-4+. The lowest BCUT2D eigenvalue weighted by Gasteiger charge is -1.91. The van der Waals surface area contributed by atoms with E-state index in [2.05, 4.69) is 23.0 Å². The molecule has 0 saturated heterocycles. The van der Waals surface area contributed by atoms with Crippen LogP contribution in [0.5, 0.6) is 0 Å². The highest BCUT2D eigenvalue weighted by Gasteiger charge is 1.95. The molecule has 2 heteroatoms. The molecule has 0 bridgehead atoms. The molecule has 0 spiro atoms. The summed E-state index contributed by atoms with van der Waals surface area (Å²) in [5.74, 6) is 0.969. The zero-order chi connectivity index (χ0) is 7.56. The van der Waals surface area contributed by atoms with E-state index in [0.717, 1.165) is 11.5 Å². The van der Waals surface area contributed by atoms with Gasteiger partial charge in [-0.2, -0.15) is 0 Å². The topological polar surface area (TPSA) is 28.7 Å². The van der Waals surface area contributed by atoms with Crippen LogP contribution in [0, 0.1) is 6.92 Å². The summed E-state index contributed by atoms with van der Waals surface area (Å²) < 4.78 is 0. The number of rotatable bonds is 1. The van der Waals surface area contributed by atoms with Crippen LogP contribution < -0.4 is 0 Å². The Bertz CT molecular complexity index is 246. The summed E-state index contributed by atoms with van der Waals surface area (Å²) in [5.41, 5.74) is 2.35. The van der Waals surface area contributed by atoms with E-state index in [1.165, 1.54) is 5.57 Å². The third-order valence-corrected chi connectivity index (χ3v) is 1.56. The second-order valence-corrected chi connectivity index (χ2v) is 2.35. The molecule has 10 heavy (non-hydrogen) atoms. The molecule has 0 unspecified atom stereocenters. The average molecular weight is 136 g/mol. The Morgan fingerprint density at radius 1 is 1.70 bits per heavy atom. The van der Waals surface area contributed by atoms with Crippen molar-refractivity contribution >= 4 is 5.57 Å². The van der Waals surface area contributed by atoms with Crippen molar-refractivity contribution in [2.24, 2.45) is 0 Å². The molecule has 0 radical (unpaired) electrons. The number of aryl methyl sites for hydroxylation is 1. The van der Waals surface area contributed by atoms with Crippen LogP contribution in [0.4, 0.5) is 0 Å². The van der Waals surface area contributed by atoms with Crippen LogP contribution in [0.1, 0.15) is 25.4 Å². The Labute approximate surface area is 61.0 Å². The largest absolute Gasteiger partial charge is 0.343 e. The van der Waals surface area contributed by atoms with E-state index in [0.29, 0.717) is 0 Å². The fourth-order valence-corrected chi connectivity index (χ4v) is 0.777. The van der Waals surface area contributed by atoms with Crippen molar-refractivity contribution < 1.29 is 0 Å². The van der Waals surface area contributed by atoms with E-state index in [1.807, 2.05) is 20.0 Å². The molecule has 1 heterocycles. The molecule has 0 fully saturated rings. The third-order valence-electron chi connectivity index (χ3n) is 1.56. The molecule has 1 N–H and O–H groups in total. The highest BCUT2D eigenvalue weighted by molar-refractivity contribution is 5.59. The zero-order valence-corrected chi connectivity index (χ0v) is 6.60. The molecule has 0 aliphatic carbocycles. The van der Waals surface area contributed by atoms with E-state index in [9.17, 15) is 0 Å². The first kappa shape index (κ1) is 7.06. The maximum Gasteiger partial charge on any atom is 0.103 e. The van der Waals surface area contributed by atoms with Gasteiger partial charge in [0.1, 0.15) is 5.82 Å². The molecule has 0 aliphatic rings. The van der Waals surface area contributed by atoms with Crippen molar-refractivity contribution in [2.45, 2.75) is 20.8 Å². The number of hydrogen-bond acceptors (Lipinski definition) is 1. The van der Waals surface area contributed by atoms with Crippen molar-refractivity contribution in [2.75, 3.05) is 0 Å². The summed E-state index contributed by atoms with van der Waals surface area (Å²) in [5, 5.41) is 0. The number of imidazole rings is 1. The lowest BCUT2D eigenvalue weighted by molar-refractivity contribution is 1.14. The molecule has 0 saturated carbocycles. The SMILES string of the molecule is C/C=C(\C)c1cnc(C)[nH]1. The maximum atomic E-state index is 4.09. The highest BCUT2D eigenvalue weighted by Crippen LogP contribution is 2.09. The number of nitrogens with one attached hydrogen (secondary N) is 1. The number of aromatic amines is 1. The highest BCUT2D eigenvalue weighted by atomic mass is 14.9. The molecule has 0 amide bonds. The molecule has 0 aliphatic heterocycles. The van der Waals surface area contributed by atoms with Crippen LogP contribution in [-0.2, 0) is 0 Å². The Hall–Kier alpha value is -1.05. The fourth-order valence-electron chi connectivity index (χ4n) is 0.777. The Morgan fingerprint density at radius 3 is 2.80 bits per heavy atom. The van der Waals surface area contributed by atoms with E-state index >= 15 is 0 Å². The molecular weight excluding hydrogens is 124 g/mol. The molecule has 1 aromatic rings. The van der Waals surface area contributed by atoms with Crippen LogP contribution in [0.25, 0.3) is 5.57 Å². The molecule has 0 atom stereocenters. The quantitative estimate of drug-likeness (QED) is 0.629. The Kier molecular flexibility index (Phi) is 1.90. The fraction of sp³-hybridized carbons (Fsp3) is 0.375. The van der Waals surface area contributed by atoms with Crippen LogP contribution >= 0.6 is 0 Å². The van der Waals surface area contributed by atoms with Crippen LogP contribution in [-0.4, -0.2) is 9.97 Å². The van der Waals surface area contributed by atoms with Gasteiger partial charge in [-0.15, -0.1) is 0 Å². The van der Waals surface area contributed by atoms with Crippen molar-refractivity contribution in [3.05, 3.63) is 23.8 Å². The molecule has 1 rings (SSSR count). The van der Waals surface area contributed by atoms with E-state index < -0.39 is 0 Å². The Morgan fingerprint density at radius 2 is 2.40 bits per heavy atom. The summed E-state index contributed by atoms with van der Waals surface area (Å²) in [7, 11) is 0. The first-order chi connectivity index (χ1) is 4.74. The predicted octanol–water partition coefficient (Wildman–Crippen LogP) is 2.14. The van der Waals surface area contributed by atoms with Gasteiger partial charge < -0.3 is 4.98 Å². The smallest absolute Gasteiger partial charge is 0.103 e. The second kappa shape index (κ2) is 2.69. The monoisotopic (exact) mass is 136 g/mol. The van der Waals surface area contributed by atoms with Gasteiger partial charge in [0.25, 0.3) is 0 Å². The summed E-state index contributed by atoms with van der Waals surface area (Å²) in [6.07, 6.45) is 3.91. The first-order valence-electron chi connectivity index (χ1n) is 3.39. The van der Waals surface area contributed by atoms with Gasteiger partial charge >= 0.3 is 0 Å². The van der Waals surface area contributed by atoms with Crippen LogP contribution in [0.2, 0.25) is 0 Å². The predicted molar refractivity (Wildman–Crippen MR) is 42.6 cm³/mol.